The molecule has 0 atom stereocenters. The minimum Gasteiger partial charge on any atom is -0.317 e. The second-order valence-electron chi connectivity index (χ2n) is 5.19. The molecule has 0 saturated carbocycles. The molecule has 0 unspecified atom stereocenters. The monoisotopic (exact) mass is 233 g/mol. The largest absolute Gasteiger partial charge is 0.317 e. The average Bonchev–Trinajstić information content (AvgIpc) is 2.79. The van der Waals surface area contributed by atoms with Gasteiger partial charge in [0.2, 0.25) is 0 Å². The van der Waals surface area contributed by atoms with Crippen LogP contribution in [0, 0.1) is 5.92 Å². The number of aromatic amines is 1. The van der Waals surface area contributed by atoms with Gasteiger partial charge in [-0.05, 0) is 51.1 Å². The topological polar surface area (TPSA) is 57.8 Å². The molecule has 17 heavy (non-hydrogen) atoms. The van der Waals surface area contributed by atoms with Crippen molar-refractivity contribution in [1.82, 2.24) is 15.3 Å². The summed E-state index contributed by atoms with van der Waals surface area (Å²) in [5.41, 5.74) is 2.09. The zero-order chi connectivity index (χ0) is 11.7. The number of nitrogens with one attached hydrogen (secondary N) is 2. The van der Waals surface area contributed by atoms with Crippen LogP contribution in [0.5, 0.6) is 0 Å². The SMILES string of the molecule is O=c1[nH]c(CC2CCNCC2)nc2c1CCC2. The molecular formula is C13H19N3O. The van der Waals surface area contributed by atoms with Crippen LogP contribution in [-0.4, -0.2) is 23.1 Å². The molecule has 1 aliphatic carbocycles. The number of piperidine rings is 1. The minimum atomic E-state index is 0.108. The summed E-state index contributed by atoms with van der Waals surface area (Å²) < 4.78 is 0. The Morgan fingerprint density at radius 1 is 1.24 bits per heavy atom. The first-order valence-corrected chi connectivity index (χ1v) is 6.64. The maximum absolute atomic E-state index is 11.9. The van der Waals surface area contributed by atoms with E-state index in [0.29, 0.717) is 5.92 Å². The predicted molar refractivity (Wildman–Crippen MR) is 66.2 cm³/mol. The summed E-state index contributed by atoms with van der Waals surface area (Å²) in [6, 6.07) is 0. The number of rotatable bonds is 2. The van der Waals surface area contributed by atoms with Crippen molar-refractivity contribution in [2.45, 2.75) is 38.5 Å². The molecule has 0 spiro atoms. The molecule has 0 aromatic carbocycles. The van der Waals surface area contributed by atoms with Gasteiger partial charge in [0.15, 0.2) is 0 Å². The van der Waals surface area contributed by atoms with Gasteiger partial charge < -0.3 is 10.3 Å². The molecule has 1 aromatic heterocycles. The van der Waals surface area contributed by atoms with Gasteiger partial charge in [0.05, 0.1) is 5.69 Å². The first kappa shape index (κ1) is 11.0. The number of fused-ring (bicyclic) bond motifs is 1. The van der Waals surface area contributed by atoms with Gasteiger partial charge in [0.1, 0.15) is 5.82 Å². The summed E-state index contributed by atoms with van der Waals surface area (Å²) in [4.78, 5) is 19.5. The van der Waals surface area contributed by atoms with Crippen LogP contribution in [0.15, 0.2) is 4.79 Å². The van der Waals surface area contributed by atoms with Gasteiger partial charge in [-0.15, -0.1) is 0 Å². The molecule has 2 aliphatic rings. The van der Waals surface area contributed by atoms with Crippen LogP contribution in [0.25, 0.3) is 0 Å². The lowest BCUT2D eigenvalue weighted by atomic mass is 9.94. The summed E-state index contributed by atoms with van der Waals surface area (Å²) in [7, 11) is 0. The second-order valence-corrected chi connectivity index (χ2v) is 5.19. The molecule has 2 heterocycles. The van der Waals surface area contributed by atoms with E-state index in [9.17, 15) is 4.79 Å². The predicted octanol–water partition coefficient (Wildman–Crippen LogP) is 0.801. The van der Waals surface area contributed by atoms with Crippen molar-refractivity contribution in [3.63, 3.8) is 0 Å². The third kappa shape index (κ3) is 2.27. The number of nitrogens with zero attached hydrogens (tertiary/aromatic N) is 1. The van der Waals surface area contributed by atoms with Crippen molar-refractivity contribution in [3.8, 4) is 0 Å². The molecule has 0 amide bonds. The second kappa shape index (κ2) is 4.61. The fourth-order valence-electron chi connectivity index (χ4n) is 2.95. The standard InChI is InChI=1S/C13H19N3O/c17-13-10-2-1-3-11(10)15-12(16-13)8-9-4-6-14-7-5-9/h9,14H,1-8H2,(H,15,16,17). The van der Waals surface area contributed by atoms with Crippen LogP contribution in [0.2, 0.25) is 0 Å². The molecule has 3 rings (SSSR count). The van der Waals surface area contributed by atoms with E-state index in [1.54, 1.807) is 0 Å². The summed E-state index contributed by atoms with van der Waals surface area (Å²) in [5, 5.41) is 3.36. The summed E-state index contributed by atoms with van der Waals surface area (Å²) >= 11 is 0. The van der Waals surface area contributed by atoms with Crippen LogP contribution >= 0.6 is 0 Å². The minimum absolute atomic E-state index is 0.108. The number of hydrogen-bond acceptors (Lipinski definition) is 3. The Morgan fingerprint density at radius 2 is 2.06 bits per heavy atom. The van der Waals surface area contributed by atoms with E-state index in [2.05, 4.69) is 15.3 Å². The lowest BCUT2D eigenvalue weighted by molar-refractivity contribution is 0.366. The van der Waals surface area contributed by atoms with Gasteiger partial charge in [-0.25, -0.2) is 4.98 Å². The van der Waals surface area contributed by atoms with Gasteiger partial charge in [0.25, 0.3) is 5.56 Å². The Bertz CT molecular complexity index is 460. The zero-order valence-electron chi connectivity index (χ0n) is 10.1. The smallest absolute Gasteiger partial charge is 0.254 e. The van der Waals surface area contributed by atoms with Crippen molar-refractivity contribution in [1.29, 1.82) is 0 Å². The maximum Gasteiger partial charge on any atom is 0.254 e. The van der Waals surface area contributed by atoms with Gasteiger partial charge in [-0.2, -0.15) is 0 Å². The van der Waals surface area contributed by atoms with E-state index in [1.165, 1.54) is 12.8 Å². The lowest BCUT2D eigenvalue weighted by Crippen LogP contribution is -2.29. The molecule has 0 bridgehead atoms. The number of aromatic nitrogens is 2. The maximum atomic E-state index is 11.9. The normalized spacial score (nSPS) is 20.5. The van der Waals surface area contributed by atoms with E-state index in [-0.39, 0.29) is 5.56 Å². The van der Waals surface area contributed by atoms with E-state index in [4.69, 9.17) is 0 Å². The highest BCUT2D eigenvalue weighted by atomic mass is 16.1. The van der Waals surface area contributed by atoms with Gasteiger partial charge in [-0.1, -0.05) is 0 Å². The molecule has 1 aliphatic heterocycles. The number of hydrogen-bond donors (Lipinski definition) is 2. The molecule has 2 N–H and O–H groups in total. The molecule has 4 heteroatoms. The third-order valence-electron chi connectivity index (χ3n) is 3.93. The van der Waals surface area contributed by atoms with Gasteiger partial charge in [0, 0.05) is 12.0 Å². The Labute approximate surface area is 101 Å². The highest BCUT2D eigenvalue weighted by Crippen LogP contribution is 2.19. The first-order chi connectivity index (χ1) is 8.33. The van der Waals surface area contributed by atoms with Crippen molar-refractivity contribution >= 4 is 0 Å². The van der Waals surface area contributed by atoms with Crippen LogP contribution in [-0.2, 0) is 19.3 Å². The quantitative estimate of drug-likeness (QED) is 0.794. The Hall–Kier alpha value is -1.16. The Balaban J connectivity index is 1.79. The molecule has 1 aromatic rings. The molecule has 1 fully saturated rings. The van der Waals surface area contributed by atoms with Crippen LogP contribution in [0.1, 0.15) is 36.3 Å². The summed E-state index contributed by atoms with van der Waals surface area (Å²) in [6.45, 7) is 2.19. The van der Waals surface area contributed by atoms with E-state index >= 15 is 0 Å². The van der Waals surface area contributed by atoms with Crippen molar-refractivity contribution in [3.05, 3.63) is 27.4 Å². The number of aryl methyl sites for hydroxylation is 1. The van der Waals surface area contributed by atoms with Crippen LogP contribution in [0.4, 0.5) is 0 Å². The molecule has 92 valence electrons. The van der Waals surface area contributed by atoms with Crippen LogP contribution in [0.3, 0.4) is 0 Å². The van der Waals surface area contributed by atoms with Gasteiger partial charge in [-0.3, -0.25) is 4.79 Å². The summed E-state index contributed by atoms with van der Waals surface area (Å²) in [6.07, 6.45) is 6.30. The fourth-order valence-corrected chi connectivity index (χ4v) is 2.95. The summed E-state index contributed by atoms with van der Waals surface area (Å²) in [5.74, 6) is 1.58. The van der Waals surface area contributed by atoms with E-state index in [0.717, 1.165) is 55.9 Å². The molecule has 0 radical (unpaired) electrons. The van der Waals surface area contributed by atoms with Crippen molar-refractivity contribution < 1.29 is 0 Å². The van der Waals surface area contributed by atoms with Crippen LogP contribution < -0.4 is 10.9 Å². The zero-order valence-corrected chi connectivity index (χ0v) is 10.1. The molecule has 1 saturated heterocycles. The van der Waals surface area contributed by atoms with E-state index < -0.39 is 0 Å². The fraction of sp³-hybridized carbons (Fsp3) is 0.692. The first-order valence-electron chi connectivity index (χ1n) is 6.64. The molecule has 4 nitrogen and oxygen atoms in total. The van der Waals surface area contributed by atoms with E-state index in [1.807, 2.05) is 0 Å². The molecular weight excluding hydrogens is 214 g/mol. The van der Waals surface area contributed by atoms with Gasteiger partial charge >= 0.3 is 0 Å². The number of H-pyrrole nitrogens is 1. The Morgan fingerprint density at radius 3 is 2.88 bits per heavy atom. The Kier molecular flexibility index (Phi) is 2.97. The van der Waals surface area contributed by atoms with Crippen molar-refractivity contribution in [2.24, 2.45) is 5.92 Å². The highest BCUT2D eigenvalue weighted by Gasteiger charge is 2.19. The average molecular weight is 233 g/mol. The third-order valence-corrected chi connectivity index (χ3v) is 3.93. The van der Waals surface area contributed by atoms with Crippen molar-refractivity contribution in [2.75, 3.05) is 13.1 Å². The lowest BCUT2D eigenvalue weighted by Gasteiger charge is -2.22. The highest BCUT2D eigenvalue weighted by molar-refractivity contribution is 5.22.